The fourth-order valence-corrected chi connectivity index (χ4v) is 5.94. The molecule has 0 aromatic carbocycles. The monoisotopic (exact) mass is 244 g/mol. The molecule has 0 radical (unpaired) electrons. The lowest BCUT2D eigenvalue weighted by Gasteiger charge is -2.40. The van der Waals surface area contributed by atoms with Crippen molar-refractivity contribution < 1.29 is 13.5 Å². The van der Waals surface area contributed by atoms with Gasteiger partial charge < -0.3 is 9.29 Å². The zero-order valence-electron chi connectivity index (χ0n) is 10.2. The van der Waals surface area contributed by atoms with Gasteiger partial charge in [0.25, 0.3) is 0 Å². The quantitative estimate of drug-likeness (QED) is 0.598. The molecule has 4 heteroatoms. The normalized spacial score (nSPS) is 54.5. The van der Waals surface area contributed by atoms with Gasteiger partial charge in [-0.3, -0.25) is 0 Å². The van der Waals surface area contributed by atoms with Gasteiger partial charge in [-0.15, -0.1) is 0 Å². The Morgan fingerprint density at radius 3 is 2.56 bits per heavy atom. The molecule has 2 aliphatic carbocycles. The molecule has 1 N–H and O–H groups in total. The summed E-state index contributed by atoms with van der Waals surface area (Å²) in [5.41, 5.74) is 0.0116. The van der Waals surface area contributed by atoms with Gasteiger partial charge in [-0.1, -0.05) is 13.8 Å². The van der Waals surface area contributed by atoms with E-state index in [4.69, 9.17) is 4.74 Å². The maximum Gasteiger partial charge on any atom is 0.153 e. The van der Waals surface area contributed by atoms with Crippen LogP contribution in [0, 0.1) is 16.7 Å². The predicted octanol–water partition coefficient (Wildman–Crippen LogP) is 2.19. The van der Waals surface area contributed by atoms with Crippen LogP contribution in [0.5, 0.6) is 0 Å². The van der Waals surface area contributed by atoms with Gasteiger partial charge in [0.15, 0.2) is 11.1 Å². The van der Waals surface area contributed by atoms with Gasteiger partial charge >= 0.3 is 0 Å². The molecule has 3 unspecified atom stereocenters. The molecule has 3 rings (SSSR count). The number of fused-ring (bicyclic) bond motifs is 3. The van der Waals surface area contributed by atoms with Crippen molar-refractivity contribution in [2.24, 2.45) is 16.7 Å². The summed E-state index contributed by atoms with van der Waals surface area (Å²) in [6.07, 6.45) is 3.63. The Bertz CT molecular complexity index is 367. The number of rotatable bonds is 2. The van der Waals surface area contributed by atoms with Gasteiger partial charge in [0.2, 0.25) is 0 Å². The van der Waals surface area contributed by atoms with Gasteiger partial charge in [0, 0.05) is 5.41 Å². The van der Waals surface area contributed by atoms with Crippen molar-refractivity contribution in [3.8, 4) is 0 Å². The summed E-state index contributed by atoms with van der Waals surface area (Å²) in [5, 5.41) is 0. The second kappa shape index (κ2) is 2.90. The second-order valence-corrected chi connectivity index (χ2v) is 7.29. The smallest absolute Gasteiger partial charge is 0.153 e. The summed E-state index contributed by atoms with van der Waals surface area (Å²) in [6.45, 7) is 6.64. The van der Waals surface area contributed by atoms with Crippen molar-refractivity contribution in [2.45, 2.75) is 51.7 Å². The number of ether oxygens (including phenoxy) is 1. The summed E-state index contributed by atoms with van der Waals surface area (Å²) in [7, 11) is 0. The maximum absolute atomic E-state index is 11.3. The molecule has 3 fully saturated rings. The molecular formula is C12H20O3S. The fraction of sp³-hybridized carbons (Fsp3) is 1.00. The summed E-state index contributed by atoms with van der Waals surface area (Å²) >= 11 is -1.72. The third-order valence-corrected chi connectivity index (χ3v) is 6.63. The molecule has 5 atom stereocenters. The summed E-state index contributed by atoms with van der Waals surface area (Å²) < 4.78 is 26.5. The van der Waals surface area contributed by atoms with Gasteiger partial charge in [-0.2, -0.15) is 0 Å². The molecule has 3 aliphatic rings. The predicted molar refractivity (Wildman–Crippen MR) is 62.5 cm³/mol. The van der Waals surface area contributed by atoms with E-state index in [9.17, 15) is 8.76 Å². The van der Waals surface area contributed by atoms with Crippen molar-refractivity contribution in [2.75, 3.05) is 5.75 Å². The Balaban J connectivity index is 2.05. The highest BCUT2D eigenvalue weighted by Crippen LogP contribution is 2.76. The van der Waals surface area contributed by atoms with Crippen LogP contribution in [-0.4, -0.2) is 26.2 Å². The molecule has 2 bridgehead atoms. The highest BCUT2D eigenvalue weighted by molar-refractivity contribution is 7.79. The average Bonchev–Trinajstić information content (AvgIpc) is 2.68. The van der Waals surface area contributed by atoms with E-state index in [0.717, 1.165) is 12.8 Å². The first-order valence-corrected chi connectivity index (χ1v) is 7.39. The van der Waals surface area contributed by atoms with E-state index in [0.29, 0.717) is 11.7 Å². The minimum absolute atomic E-state index is 0.0658. The van der Waals surface area contributed by atoms with Crippen LogP contribution in [0.15, 0.2) is 0 Å². The first kappa shape index (κ1) is 11.2. The van der Waals surface area contributed by atoms with E-state index in [1.807, 2.05) is 0 Å². The Morgan fingerprint density at radius 2 is 2.12 bits per heavy atom. The summed E-state index contributed by atoms with van der Waals surface area (Å²) in [6, 6.07) is 0. The Hall–Kier alpha value is 0.0700. The first-order valence-electron chi connectivity index (χ1n) is 6.11. The molecule has 92 valence electrons. The Labute approximate surface area is 99.2 Å². The van der Waals surface area contributed by atoms with Crippen LogP contribution in [0.4, 0.5) is 0 Å². The van der Waals surface area contributed by atoms with E-state index in [2.05, 4.69) is 20.8 Å². The largest absolute Gasteiger partial charge is 0.366 e. The SMILES string of the molecule is C[C@@H]1OC12CC1CC[C@@]2(CS(=O)O)C1(C)C. The van der Waals surface area contributed by atoms with Gasteiger partial charge in [0.1, 0.15) is 5.60 Å². The van der Waals surface area contributed by atoms with Crippen LogP contribution < -0.4 is 0 Å². The van der Waals surface area contributed by atoms with Crippen LogP contribution in [0.2, 0.25) is 0 Å². The van der Waals surface area contributed by atoms with Crippen LogP contribution in [-0.2, 0) is 15.8 Å². The Kier molecular flexibility index (Phi) is 2.03. The topological polar surface area (TPSA) is 49.8 Å². The van der Waals surface area contributed by atoms with Crippen molar-refractivity contribution in [1.29, 1.82) is 0 Å². The second-order valence-electron chi connectivity index (χ2n) is 6.36. The van der Waals surface area contributed by atoms with Crippen LogP contribution in [0.1, 0.15) is 40.0 Å². The molecule has 16 heavy (non-hydrogen) atoms. The zero-order valence-corrected chi connectivity index (χ0v) is 11.0. The minimum atomic E-state index is -1.72. The van der Waals surface area contributed by atoms with E-state index >= 15 is 0 Å². The highest BCUT2D eigenvalue weighted by atomic mass is 32.2. The molecule has 3 nitrogen and oxygen atoms in total. The fourth-order valence-electron chi connectivity index (χ4n) is 4.76. The molecule has 1 saturated heterocycles. The van der Waals surface area contributed by atoms with Crippen molar-refractivity contribution in [1.82, 2.24) is 0 Å². The molecule has 0 aromatic rings. The third-order valence-electron chi connectivity index (χ3n) is 5.89. The van der Waals surface area contributed by atoms with Crippen molar-refractivity contribution >= 4 is 11.1 Å². The first-order chi connectivity index (χ1) is 7.36. The number of hydrogen-bond donors (Lipinski definition) is 1. The molecule has 2 saturated carbocycles. The average molecular weight is 244 g/mol. The zero-order chi connectivity index (χ0) is 11.8. The lowest BCUT2D eigenvalue weighted by atomic mass is 9.65. The molecular weight excluding hydrogens is 224 g/mol. The van der Waals surface area contributed by atoms with Crippen LogP contribution in [0.25, 0.3) is 0 Å². The van der Waals surface area contributed by atoms with Gasteiger partial charge in [0.05, 0.1) is 11.9 Å². The van der Waals surface area contributed by atoms with Gasteiger partial charge in [-0.05, 0) is 37.5 Å². The van der Waals surface area contributed by atoms with E-state index in [1.54, 1.807) is 0 Å². The summed E-state index contributed by atoms with van der Waals surface area (Å²) in [4.78, 5) is 0. The molecule has 0 amide bonds. The molecule has 1 heterocycles. The van der Waals surface area contributed by atoms with Crippen molar-refractivity contribution in [3.05, 3.63) is 0 Å². The van der Waals surface area contributed by atoms with Crippen molar-refractivity contribution in [3.63, 3.8) is 0 Å². The van der Waals surface area contributed by atoms with E-state index < -0.39 is 11.1 Å². The van der Waals surface area contributed by atoms with E-state index in [1.165, 1.54) is 6.42 Å². The standard InChI is InChI=1S/C12H20O3S/c1-8-12(15-8)6-9-4-5-11(12,7-16(13)14)10(9,2)3/h8-9H,4-7H2,1-3H3,(H,13,14)/t8-,9?,11+,12?/m0/s1. The third kappa shape index (κ3) is 0.998. The molecule has 0 aromatic heterocycles. The summed E-state index contributed by atoms with van der Waals surface area (Å²) in [5.74, 6) is 1.06. The lowest BCUT2D eigenvalue weighted by Crippen LogP contribution is -2.46. The van der Waals surface area contributed by atoms with Gasteiger partial charge in [-0.25, -0.2) is 4.21 Å². The molecule has 1 spiro atoms. The maximum atomic E-state index is 11.3. The molecule has 1 aliphatic heterocycles. The number of epoxide rings is 1. The minimum Gasteiger partial charge on any atom is -0.366 e. The van der Waals surface area contributed by atoms with E-state index in [-0.39, 0.29) is 22.5 Å². The Morgan fingerprint density at radius 1 is 1.50 bits per heavy atom. The lowest BCUT2D eigenvalue weighted by molar-refractivity contribution is 0.0731. The van der Waals surface area contributed by atoms with Crippen LogP contribution in [0.3, 0.4) is 0 Å². The number of hydrogen-bond acceptors (Lipinski definition) is 2. The van der Waals surface area contributed by atoms with Crippen LogP contribution >= 0.6 is 0 Å². The highest BCUT2D eigenvalue weighted by Gasteiger charge is 2.79.